The predicted molar refractivity (Wildman–Crippen MR) is 77.1 cm³/mol. The number of carbonyl (C=O) groups is 1. The molecule has 1 fully saturated rings. The van der Waals surface area contributed by atoms with Crippen LogP contribution in [-0.2, 0) is 4.74 Å². The summed E-state index contributed by atoms with van der Waals surface area (Å²) in [6, 6.07) is 9.31. The maximum atomic E-state index is 12.3. The van der Waals surface area contributed by atoms with Gasteiger partial charge in [0, 0.05) is 0 Å². The van der Waals surface area contributed by atoms with E-state index in [1.807, 2.05) is 30.3 Å². The number of hydrogen-bond donors (Lipinski definition) is 0. The van der Waals surface area contributed by atoms with Crippen LogP contribution in [0.15, 0.2) is 30.3 Å². The van der Waals surface area contributed by atoms with Gasteiger partial charge in [0.15, 0.2) is 0 Å². The van der Waals surface area contributed by atoms with Crippen LogP contribution in [0.1, 0.15) is 56.8 Å². The smallest absolute Gasteiger partial charge is 0.338 e. The Kier molecular flexibility index (Phi) is 4.28. The van der Waals surface area contributed by atoms with Gasteiger partial charge in [0.1, 0.15) is 5.60 Å². The zero-order chi connectivity index (χ0) is 13.9. The average molecular weight is 260 g/mol. The maximum absolute atomic E-state index is 12.3. The second-order valence-corrected chi connectivity index (χ2v) is 6.16. The summed E-state index contributed by atoms with van der Waals surface area (Å²) in [5.74, 6) is 0.943. The molecule has 104 valence electrons. The van der Waals surface area contributed by atoms with Crippen molar-refractivity contribution in [1.82, 2.24) is 0 Å². The summed E-state index contributed by atoms with van der Waals surface area (Å²) in [5, 5.41) is 0. The van der Waals surface area contributed by atoms with E-state index < -0.39 is 0 Å². The lowest BCUT2D eigenvalue weighted by Crippen LogP contribution is -2.43. The van der Waals surface area contributed by atoms with Crippen molar-refractivity contribution in [2.45, 2.75) is 52.1 Å². The number of ether oxygens (including phenoxy) is 1. The van der Waals surface area contributed by atoms with Gasteiger partial charge in [0.05, 0.1) is 5.56 Å². The summed E-state index contributed by atoms with van der Waals surface area (Å²) in [4.78, 5) is 12.3. The molecule has 19 heavy (non-hydrogen) atoms. The van der Waals surface area contributed by atoms with Gasteiger partial charge in [-0.1, -0.05) is 39.0 Å². The molecule has 2 nitrogen and oxygen atoms in total. The molecule has 0 unspecified atom stereocenters. The van der Waals surface area contributed by atoms with Crippen LogP contribution in [0.3, 0.4) is 0 Å². The molecule has 0 N–H and O–H groups in total. The van der Waals surface area contributed by atoms with E-state index in [0.29, 0.717) is 11.5 Å². The van der Waals surface area contributed by atoms with E-state index >= 15 is 0 Å². The summed E-state index contributed by atoms with van der Waals surface area (Å²) in [6.07, 6.45) is 4.29. The quantitative estimate of drug-likeness (QED) is 0.751. The van der Waals surface area contributed by atoms with Crippen molar-refractivity contribution in [3.05, 3.63) is 35.9 Å². The Bertz CT molecular complexity index is 414. The van der Waals surface area contributed by atoms with E-state index in [1.54, 1.807) is 0 Å². The third-order valence-electron chi connectivity index (χ3n) is 4.48. The normalized spacial score (nSPS) is 27.3. The lowest BCUT2D eigenvalue weighted by atomic mass is 9.73. The highest BCUT2D eigenvalue weighted by atomic mass is 16.6. The minimum Gasteiger partial charge on any atom is -0.455 e. The lowest BCUT2D eigenvalue weighted by molar-refractivity contribution is -0.0706. The summed E-state index contributed by atoms with van der Waals surface area (Å²) >= 11 is 0. The Hall–Kier alpha value is -1.31. The fraction of sp³-hybridized carbons (Fsp3) is 0.588. The second-order valence-electron chi connectivity index (χ2n) is 6.16. The molecular weight excluding hydrogens is 236 g/mol. The first-order valence-electron chi connectivity index (χ1n) is 7.32. The van der Waals surface area contributed by atoms with E-state index in [9.17, 15) is 4.79 Å². The Labute approximate surface area is 116 Å². The molecule has 0 heterocycles. The largest absolute Gasteiger partial charge is 0.455 e. The molecule has 0 atom stereocenters. The van der Waals surface area contributed by atoms with Crippen LogP contribution < -0.4 is 0 Å². The van der Waals surface area contributed by atoms with E-state index in [0.717, 1.165) is 31.6 Å². The highest BCUT2D eigenvalue weighted by Gasteiger charge is 2.40. The van der Waals surface area contributed by atoms with E-state index in [-0.39, 0.29) is 11.6 Å². The van der Waals surface area contributed by atoms with Gasteiger partial charge in [-0.15, -0.1) is 0 Å². The summed E-state index contributed by atoms with van der Waals surface area (Å²) in [7, 11) is 0. The Morgan fingerprint density at radius 1 is 1.21 bits per heavy atom. The van der Waals surface area contributed by atoms with Crippen LogP contribution in [0.5, 0.6) is 0 Å². The van der Waals surface area contributed by atoms with Gasteiger partial charge in [0.2, 0.25) is 0 Å². The molecule has 1 saturated carbocycles. The standard InChI is InChI=1S/C17H24O2/c1-13(2)17(11-9-14(3)10-12-17)19-16(18)15-7-5-4-6-8-15/h4-8,13-14H,9-12H2,1-3H3. The van der Waals surface area contributed by atoms with E-state index in [1.165, 1.54) is 0 Å². The minimum absolute atomic E-state index is 0.177. The van der Waals surface area contributed by atoms with Crippen molar-refractivity contribution in [2.75, 3.05) is 0 Å². The number of rotatable bonds is 3. The second kappa shape index (κ2) is 5.77. The van der Waals surface area contributed by atoms with Gasteiger partial charge in [-0.2, -0.15) is 0 Å². The molecule has 2 rings (SSSR count). The fourth-order valence-corrected chi connectivity index (χ4v) is 2.87. The van der Waals surface area contributed by atoms with Gasteiger partial charge in [-0.25, -0.2) is 4.79 Å². The van der Waals surface area contributed by atoms with Crippen LogP contribution in [0.2, 0.25) is 0 Å². The Balaban J connectivity index is 2.11. The predicted octanol–water partition coefficient (Wildman–Crippen LogP) is 4.45. The third kappa shape index (κ3) is 3.17. The first-order chi connectivity index (χ1) is 9.03. The van der Waals surface area contributed by atoms with Crippen LogP contribution in [-0.4, -0.2) is 11.6 Å². The number of hydrogen-bond acceptors (Lipinski definition) is 2. The lowest BCUT2D eigenvalue weighted by Gasteiger charge is -2.42. The van der Waals surface area contributed by atoms with Crippen molar-refractivity contribution in [2.24, 2.45) is 11.8 Å². The molecule has 0 spiro atoms. The molecule has 1 aliphatic carbocycles. The molecule has 0 aliphatic heterocycles. The van der Waals surface area contributed by atoms with Crippen molar-refractivity contribution in [3.63, 3.8) is 0 Å². The summed E-state index contributed by atoms with van der Waals surface area (Å²) in [5.41, 5.74) is 0.389. The van der Waals surface area contributed by atoms with Crippen LogP contribution in [0.4, 0.5) is 0 Å². The number of benzene rings is 1. The molecule has 0 bridgehead atoms. The first-order valence-corrected chi connectivity index (χ1v) is 7.32. The number of esters is 1. The fourth-order valence-electron chi connectivity index (χ4n) is 2.87. The highest BCUT2D eigenvalue weighted by molar-refractivity contribution is 5.89. The van der Waals surface area contributed by atoms with Crippen LogP contribution in [0.25, 0.3) is 0 Å². The molecule has 0 aromatic heterocycles. The van der Waals surface area contributed by atoms with E-state index in [2.05, 4.69) is 20.8 Å². The van der Waals surface area contributed by atoms with Gasteiger partial charge in [0.25, 0.3) is 0 Å². The Morgan fingerprint density at radius 3 is 2.32 bits per heavy atom. The molecule has 0 saturated heterocycles. The van der Waals surface area contributed by atoms with Crippen molar-refractivity contribution < 1.29 is 9.53 Å². The zero-order valence-electron chi connectivity index (χ0n) is 12.2. The molecule has 0 amide bonds. The van der Waals surface area contributed by atoms with Gasteiger partial charge >= 0.3 is 5.97 Å². The van der Waals surface area contributed by atoms with Gasteiger partial charge in [-0.05, 0) is 49.7 Å². The minimum atomic E-state index is -0.264. The summed E-state index contributed by atoms with van der Waals surface area (Å²) < 4.78 is 5.94. The molecule has 1 aromatic rings. The average Bonchev–Trinajstić information content (AvgIpc) is 2.42. The monoisotopic (exact) mass is 260 g/mol. The van der Waals surface area contributed by atoms with Crippen molar-refractivity contribution in [1.29, 1.82) is 0 Å². The Morgan fingerprint density at radius 2 is 1.79 bits per heavy atom. The van der Waals surface area contributed by atoms with Crippen molar-refractivity contribution >= 4 is 5.97 Å². The van der Waals surface area contributed by atoms with Gasteiger partial charge < -0.3 is 4.74 Å². The van der Waals surface area contributed by atoms with Crippen LogP contribution >= 0.6 is 0 Å². The molecule has 2 heteroatoms. The van der Waals surface area contributed by atoms with Crippen molar-refractivity contribution in [3.8, 4) is 0 Å². The topological polar surface area (TPSA) is 26.3 Å². The molecular formula is C17H24O2. The first kappa shape index (κ1) is 14.1. The molecule has 0 radical (unpaired) electrons. The third-order valence-corrected chi connectivity index (χ3v) is 4.48. The molecule has 1 aromatic carbocycles. The number of carbonyl (C=O) groups excluding carboxylic acids is 1. The SMILES string of the molecule is CC1CCC(OC(=O)c2ccccc2)(C(C)C)CC1. The van der Waals surface area contributed by atoms with Gasteiger partial charge in [-0.3, -0.25) is 0 Å². The maximum Gasteiger partial charge on any atom is 0.338 e. The highest BCUT2D eigenvalue weighted by Crippen LogP contribution is 2.40. The zero-order valence-corrected chi connectivity index (χ0v) is 12.2. The van der Waals surface area contributed by atoms with E-state index in [4.69, 9.17) is 4.74 Å². The molecule has 1 aliphatic rings. The van der Waals surface area contributed by atoms with Crippen LogP contribution in [0, 0.1) is 11.8 Å². The summed E-state index contributed by atoms with van der Waals surface area (Å²) in [6.45, 7) is 6.60.